The molecule has 1 saturated carbocycles. The summed E-state index contributed by atoms with van der Waals surface area (Å²) in [4.78, 5) is 10.9. The lowest BCUT2D eigenvalue weighted by Crippen LogP contribution is -2.32. The summed E-state index contributed by atoms with van der Waals surface area (Å²) >= 11 is 1.83. The molecule has 0 aromatic carbocycles. The predicted molar refractivity (Wildman–Crippen MR) is 50.5 cm³/mol. The van der Waals surface area contributed by atoms with Crippen LogP contribution in [0.15, 0.2) is 0 Å². The first-order valence-electron chi connectivity index (χ1n) is 4.18. The van der Waals surface area contributed by atoms with Gasteiger partial charge >= 0.3 is 6.09 Å². The molecule has 12 heavy (non-hydrogen) atoms. The first kappa shape index (κ1) is 9.71. The Morgan fingerprint density at radius 1 is 1.67 bits per heavy atom. The van der Waals surface area contributed by atoms with Gasteiger partial charge in [0.15, 0.2) is 0 Å². The summed E-state index contributed by atoms with van der Waals surface area (Å²) in [6, 6.07) is 0. The largest absolute Gasteiger partial charge is 0.450 e. The Bertz CT molecular complexity index is 168. The lowest BCUT2D eigenvalue weighted by Gasteiger charge is -2.12. The quantitative estimate of drug-likeness (QED) is 0.730. The Kier molecular flexibility index (Phi) is 3.26. The van der Waals surface area contributed by atoms with Crippen molar-refractivity contribution in [2.75, 3.05) is 19.4 Å². The molecule has 0 spiro atoms. The van der Waals surface area contributed by atoms with Crippen molar-refractivity contribution >= 4 is 17.9 Å². The molecule has 1 aliphatic rings. The lowest BCUT2D eigenvalue weighted by atomic mass is 10.4. The molecule has 0 aromatic rings. The first-order chi connectivity index (χ1) is 5.72. The van der Waals surface area contributed by atoms with Gasteiger partial charge in [-0.3, -0.25) is 0 Å². The third-order valence-corrected chi connectivity index (χ3v) is 3.49. The Hall–Kier alpha value is -0.380. The van der Waals surface area contributed by atoms with Crippen LogP contribution < -0.4 is 5.32 Å². The summed E-state index contributed by atoms with van der Waals surface area (Å²) in [6.45, 7) is 2.99. The van der Waals surface area contributed by atoms with Crippen molar-refractivity contribution < 1.29 is 9.53 Å². The summed E-state index contributed by atoms with van der Waals surface area (Å²) in [7, 11) is 0. The molecule has 1 N–H and O–H groups in total. The third-order valence-electron chi connectivity index (χ3n) is 2.07. The number of amides is 1. The maximum atomic E-state index is 10.9. The van der Waals surface area contributed by atoms with E-state index in [-0.39, 0.29) is 6.09 Å². The normalized spacial score (nSPS) is 18.5. The molecule has 3 nitrogen and oxygen atoms in total. The van der Waals surface area contributed by atoms with Crippen LogP contribution in [0.25, 0.3) is 0 Å². The minimum absolute atomic E-state index is 0.294. The van der Waals surface area contributed by atoms with Crippen molar-refractivity contribution in [1.82, 2.24) is 5.32 Å². The van der Waals surface area contributed by atoms with Gasteiger partial charge in [0.2, 0.25) is 0 Å². The van der Waals surface area contributed by atoms with Crippen molar-refractivity contribution in [2.45, 2.75) is 24.5 Å². The SMILES string of the molecule is CCOC(=O)NCC1(SC)CC1. The fourth-order valence-corrected chi connectivity index (χ4v) is 1.73. The Labute approximate surface area is 77.2 Å². The maximum Gasteiger partial charge on any atom is 0.407 e. The van der Waals surface area contributed by atoms with Gasteiger partial charge in [0.25, 0.3) is 0 Å². The highest BCUT2D eigenvalue weighted by Gasteiger charge is 2.41. The van der Waals surface area contributed by atoms with Gasteiger partial charge in [-0.25, -0.2) is 4.79 Å². The molecule has 0 saturated heterocycles. The molecule has 0 radical (unpaired) electrons. The van der Waals surface area contributed by atoms with Gasteiger partial charge in [0.05, 0.1) is 6.61 Å². The summed E-state index contributed by atoms with van der Waals surface area (Å²) in [5.74, 6) is 0. The van der Waals surface area contributed by atoms with E-state index in [4.69, 9.17) is 4.74 Å². The maximum absolute atomic E-state index is 10.9. The highest BCUT2D eigenvalue weighted by atomic mass is 32.2. The van der Waals surface area contributed by atoms with Crippen molar-refractivity contribution in [3.8, 4) is 0 Å². The second-order valence-electron chi connectivity index (χ2n) is 2.96. The molecular formula is C8H15NO2S. The van der Waals surface area contributed by atoms with Crippen LogP contribution in [-0.2, 0) is 4.74 Å². The number of nitrogens with one attached hydrogen (secondary N) is 1. The zero-order chi connectivity index (χ0) is 9.03. The average molecular weight is 189 g/mol. The zero-order valence-corrected chi connectivity index (χ0v) is 8.37. The van der Waals surface area contributed by atoms with Crippen molar-refractivity contribution in [3.63, 3.8) is 0 Å². The molecule has 1 fully saturated rings. The molecule has 0 unspecified atom stereocenters. The van der Waals surface area contributed by atoms with Crippen molar-refractivity contribution in [2.24, 2.45) is 0 Å². The lowest BCUT2D eigenvalue weighted by molar-refractivity contribution is 0.152. The van der Waals surface area contributed by atoms with Crippen molar-refractivity contribution in [3.05, 3.63) is 0 Å². The number of carbonyl (C=O) groups excluding carboxylic acids is 1. The highest BCUT2D eigenvalue weighted by molar-refractivity contribution is 8.00. The molecular weight excluding hydrogens is 174 g/mol. The van der Waals surface area contributed by atoms with Crippen LogP contribution >= 0.6 is 11.8 Å². The molecule has 0 aromatic heterocycles. The van der Waals surface area contributed by atoms with Crippen LogP contribution in [0.5, 0.6) is 0 Å². The number of carbonyl (C=O) groups is 1. The number of thioether (sulfide) groups is 1. The molecule has 4 heteroatoms. The molecule has 0 atom stereocenters. The van der Waals surface area contributed by atoms with Crippen LogP contribution in [0.3, 0.4) is 0 Å². The van der Waals surface area contributed by atoms with Crippen LogP contribution in [0.4, 0.5) is 4.79 Å². The number of rotatable bonds is 4. The van der Waals surface area contributed by atoms with Gasteiger partial charge in [-0.05, 0) is 26.0 Å². The van der Waals surface area contributed by atoms with Crippen molar-refractivity contribution in [1.29, 1.82) is 0 Å². The van der Waals surface area contributed by atoms with Gasteiger partial charge in [0, 0.05) is 11.3 Å². The molecule has 0 heterocycles. The summed E-state index contributed by atoms with van der Waals surface area (Å²) < 4.78 is 5.08. The average Bonchev–Trinajstić information content (AvgIpc) is 2.82. The van der Waals surface area contributed by atoms with E-state index in [1.54, 1.807) is 6.92 Å². The summed E-state index contributed by atoms with van der Waals surface area (Å²) in [5.41, 5.74) is 0. The molecule has 1 aliphatic carbocycles. The molecule has 1 amide bonds. The fourth-order valence-electron chi connectivity index (χ4n) is 1.01. The minimum atomic E-state index is -0.294. The second kappa shape index (κ2) is 4.03. The van der Waals surface area contributed by atoms with E-state index in [1.807, 2.05) is 11.8 Å². The van der Waals surface area contributed by atoms with Gasteiger partial charge < -0.3 is 10.1 Å². The predicted octanol–water partition coefficient (Wildman–Crippen LogP) is 1.63. The topological polar surface area (TPSA) is 38.3 Å². The molecule has 0 bridgehead atoms. The zero-order valence-electron chi connectivity index (χ0n) is 7.55. The van der Waals surface area contributed by atoms with Gasteiger partial charge in [-0.15, -0.1) is 0 Å². The molecule has 1 rings (SSSR count). The fraction of sp³-hybridized carbons (Fsp3) is 0.875. The van der Waals surface area contributed by atoms with Gasteiger partial charge in [0.1, 0.15) is 0 Å². The van der Waals surface area contributed by atoms with Crippen LogP contribution in [0, 0.1) is 0 Å². The molecule has 70 valence electrons. The standard InChI is InChI=1S/C8H15NO2S/c1-3-11-7(10)9-6-8(12-2)4-5-8/h3-6H2,1-2H3,(H,9,10). The van der Waals surface area contributed by atoms with E-state index in [0.29, 0.717) is 11.4 Å². The van der Waals surface area contributed by atoms with Crippen LogP contribution in [0.1, 0.15) is 19.8 Å². The number of hydrogen-bond donors (Lipinski definition) is 1. The monoisotopic (exact) mass is 189 g/mol. The smallest absolute Gasteiger partial charge is 0.407 e. The molecule has 0 aliphatic heterocycles. The minimum Gasteiger partial charge on any atom is -0.450 e. The van der Waals surface area contributed by atoms with Gasteiger partial charge in [-0.2, -0.15) is 11.8 Å². The Morgan fingerprint density at radius 2 is 2.33 bits per heavy atom. The van der Waals surface area contributed by atoms with E-state index in [2.05, 4.69) is 11.6 Å². The van der Waals surface area contributed by atoms with Crippen LogP contribution in [-0.4, -0.2) is 30.2 Å². The number of alkyl carbamates (subject to hydrolysis) is 1. The van der Waals surface area contributed by atoms with E-state index in [9.17, 15) is 4.79 Å². The summed E-state index contributed by atoms with van der Waals surface area (Å²) in [5, 5.41) is 2.76. The van der Waals surface area contributed by atoms with Crippen LogP contribution in [0.2, 0.25) is 0 Å². The Balaban J connectivity index is 2.12. The van der Waals surface area contributed by atoms with E-state index >= 15 is 0 Å². The van der Waals surface area contributed by atoms with E-state index in [0.717, 1.165) is 6.54 Å². The van der Waals surface area contributed by atoms with E-state index in [1.165, 1.54) is 12.8 Å². The highest BCUT2D eigenvalue weighted by Crippen LogP contribution is 2.46. The van der Waals surface area contributed by atoms with Gasteiger partial charge in [-0.1, -0.05) is 0 Å². The second-order valence-corrected chi connectivity index (χ2v) is 4.24. The number of ether oxygens (including phenoxy) is 1. The third kappa shape index (κ3) is 2.59. The Morgan fingerprint density at radius 3 is 2.75 bits per heavy atom. The van der Waals surface area contributed by atoms with E-state index < -0.39 is 0 Å². The first-order valence-corrected chi connectivity index (χ1v) is 5.41. The number of hydrogen-bond acceptors (Lipinski definition) is 3. The summed E-state index contributed by atoms with van der Waals surface area (Å²) in [6.07, 6.45) is 4.21.